The molecular weight excluding hydrogens is 973 g/mol. The number of ether oxygens (including phenoxy) is 2. The zero-order valence-corrected chi connectivity index (χ0v) is 43.9. The van der Waals surface area contributed by atoms with Crippen LogP contribution in [0.25, 0.3) is 44.0 Å². The lowest BCUT2D eigenvalue weighted by Gasteiger charge is -2.38. The first-order chi connectivity index (χ1) is 36.8. The molecule has 76 heavy (non-hydrogen) atoms. The number of imidazole rings is 1. The Kier molecular flexibility index (Phi) is 13.7. The number of halogens is 2. The number of nitrogens with one attached hydrogen (secondary N) is 2. The maximum Gasteiger partial charge on any atom is 0.330 e. The van der Waals surface area contributed by atoms with Gasteiger partial charge in [0.25, 0.3) is 0 Å². The molecule has 19 heteroatoms. The Morgan fingerprint density at radius 1 is 0.855 bits per heavy atom. The van der Waals surface area contributed by atoms with Crippen molar-refractivity contribution in [3.8, 4) is 23.0 Å². The number of imide groups is 1. The summed E-state index contributed by atoms with van der Waals surface area (Å²) in [6, 6.07) is 12.0. The molecule has 3 N–H and O–H groups in total. The van der Waals surface area contributed by atoms with Crippen molar-refractivity contribution in [3.05, 3.63) is 76.3 Å². The van der Waals surface area contributed by atoms with E-state index in [1.807, 2.05) is 26.8 Å². The van der Waals surface area contributed by atoms with Crippen molar-refractivity contribution in [2.45, 2.75) is 127 Å². The van der Waals surface area contributed by atoms with Crippen molar-refractivity contribution in [1.82, 2.24) is 44.5 Å². The number of aryl methyl sites for hydroxylation is 1. The highest BCUT2D eigenvalue weighted by atomic mass is 19.1. The van der Waals surface area contributed by atoms with E-state index in [2.05, 4.69) is 54.4 Å². The van der Waals surface area contributed by atoms with Crippen molar-refractivity contribution in [3.63, 3.8) is 0 Å². The predicted molar refractivity (Wildman–Crippen MR) is 287 cm³/mol. The van der Waals surface area contributed by atoms with Gasteiger partial charge in [0.05, 0.1) is 28.6 Å². The normalized spacial score (nSPS) is 24.3. The summed E-state index contributed by atoms with van der Waals surface area (Å²) in [6.07, 6.45) is 9.74. The maximum absolute atomic E-state index is 17.2. The third kappa shape index (κ3) is 9.54. The van der Waals surface area contributed by atoms with E-state index in [1.165, 1.54) is 12.1 Å². The number of anilines is 2. The van der Waals surface area contributed by atoms with Gasteiger partial charge in [-0.15, -0.1) is 0 Å². The van der Waals surface area contributed by atoms with Gasteiger partial charge in [-0.25, -0.2) is 13.6 Å². The number of nitrogens with zero attached hydrogens (tertiary/aromatic N) is 9. The molecule has 3 aromatic carbocycles. The predicted octanol–water partition coefficient (Wildman–Crippen LogP) is 6.86. The van der Waals surface area contributed by atoms with Crippen molar-refractivity contribution in [2.75, 3.05) is 75.8 Å². The van der Waals surface area contributed by atoms with Gasteiger partial charge < -0.3 is 34.6 Å². The molecule has 6 fully saturated rings. The third-order valence-corrected chi connectivity index (χ3v) is 17.3. The molecule has 0 spiro atoms. The average molecular weight is 1040 g/mol. The Morgan fingerprint density at radius 2 is 1.63 bits per heavy atom. The highest BCUT2D eigenvalue weighted by Gasteiger charge is 2.37. The molecule has 3 unspecified atom stereocenters. The first-order valence-corrected chi connectivity index (χ1v) is 27.6. The topological polar surface area (TPSA) is 175 Å². The summed E-state index contributed by atoms with van der Waals surface area (Å²) >= 11 is 0. The number of phenolic OH excluding ortho intramolecular Hbond substituents is 1. The highest BCUT2D eigenvalue weighted by molar-refractivity contribution is 6.02. The Bertz CT molecular complexity index is 3270. The van der Waals surface area contributed by atoms with E-state index in [0.29, 0.717) is 89.2 Å². The van der Waals surface area contributed by atoms with Crippen LogP contribution in [0.1, 0.15) is 96.2 Å². The number of hydrogen-bond acceptors (Lipinski definition) is 14. The number of benzene rings is 3. The highest BCUT2D eigenvalue weighted by Crippen LogP contribution is 2.40. The molecule has 0 aliphatic carbocycles. The minimum atomic E-state index is -0.711. The molecule has 3 aromatic heterocycles. The zero-order valence-electron chi connectivity index (χ0n) is 43.9. The van der Waals surface area contributed by atoms with Crippen LogP contribution in [0.4, 0.5) is 20.3 Å². The Labute approximate surface area is 440 Å². The molecule has 402 valence electrons. The molecule has 6 saturated heterocycles. The van der Waals surface area contributed by atoms with E-state index in [-0.39, 0.29) is 65.3 Å². The summed E-state index contributed by atoms with van der Waals surface area (Å²) in [5, 5.41) is 18.4. The molecule has 6 aliphatic rings. The zero-order chi connectivity index (χ0) is 52.5. The summed E-state index contributed by atoms with van der Waals surface area (Å²) in [4.78, 5) is 62.3. The first kappa shape index (κ1) is 50.5. The number of rotatable bonds is 13. The number of pyridine rings is 1. The number of hydrogen-bond donors (Lipinski definition) is 3. The standard InChI is InChI=1S/C57H69F2N11O6/c1-5-42-45(58)10-6-34-22-39(71)25-43(50(34)42)52-51(59)53-44(26-60-52)54(68-28-35-7-8-36(29-68)61-35)64-56(63-53)75-31-38-23-41(30-65(38)4)76-40-16-18-66(19-17-40)27-33-14-20-67(21-15-33)37-9-11-46-48(24-37)69(32(2)3)57(74)70(46)47-12-13-49(72)62-55(47)73/h6,9-11,22,24-26,32-33,35-36,38,40-41,47,61,71H,5,7-8,12-21,23,27-31H2,1-4H3,(H,62,72,73)/t35?,36?,38-,41+,47?/m0/s1. The van der Waals surface area contributed by atoms with Crippen molar-refractivity contribution >= 4 is 56.0 Å². The second-order valence-electron chi connectivity index (χ2n) is 22.6. The van der Waals surface area contributed by atoms with Crippen LogP contribution in [0.3, 0.4) is 0 Å². The minimum absolute atomic E-state index is 0.0256. The Balaban J connectivity index is 0.668. The molecule has 6 aliphatic heterocycles. The van der Waals surface area contributed by atoms with Crippen LogP contribution in [0.15, 0.2) is 53.5 Å². The van der Waals surface area contributed by atoms with Gasteiger partial charge in [-0.3, -0.25) is 33.9 Å². The van der Waals surface area contributed by atoms with Gasteiger partial charge in [-0.1, -0.05) is 13.0 Å². The molecular formula is C57H69F2N11O6. The molecule has 9 heterocycles. The van der Waals surface area contributed by atoms with Crippen LogP contribution < -0.4 is 30.9 Å². The summed E-state index contributed by atoms with van der Waals surface area (Å²) in [5.41, 5.74) is 3.14. The molecule has 6 aromatic rings. The molecule has 2 bridgehead atoms. The molecule has 2 amide bonds. The molecule has 17 nitrogen and oxygen atoms in total. The molecule has 0 saturated carbocycles. The van der Waals surface area contributed by atoms with Gasteiger partial charge in [-0.2, -0.15) is 9.97 Å². The fourth-order valence-electron chi connectivity index (χ4n) is 13.4. The minimum Gasteiger partial charge on any atom is -0.508 e. The summed E-state index contributed by atoms with van der Waals surface area (Å²) in [5.74, 6) is -0.711. The lowest BCUT2D eigenvalue weighted by atomic mass is 9.94. The number of aromatic hydroxyl groups is 1. The van der Waals surface area contributed by atoms with E-state index in [0.717, 1.165) is 95.4 Å². The lowest BCUT2D eigenvalue weighted by Crippen LogP contribution is -2.51. The van der Waals surface area contributed by atoms with Gasteiger partial charge in [-0.05, 0) is 137 Å². The third-order valence-electron chi connectivity index (χ3n) is 17.3. The SMILES string of the molecule is CCc1c(F)ccc2cc(O)cc(-c3ncc4c(N5CC6CCC(C5)N6)nc(OC[C@@H]5C[C@@H](OC6CCN(CC7CCN(c8ccc9c(c8)n(C(C)C)c(=O)n9C8CCC(=O)NC8=O)CC7)CC6)CN5C)nc4c3F)c12. The number of carbonyl (C=O) groups is 2. The Hall–Kier alpha value is -6.28. The monoisotopic (exact) mass is 1040 g/mol. The smallest absolute Gasteiger partial charge is 0.330 e. The second-order valence-corrected chi connectivity index (χ2v) is 22.6. The number of piperazine rings is 1. The number of likely N-dealkylation sites (tertiary alicyclic amines) is 2. The quantitative estimate of drug-likeness (QED) is 0.102. The summed E-state index contributed by atoms with van der Waals surface area (Å²) in [6.45, 7) is 13.2. The van der Waals surface area contributed by atoms with Gasteiger partial charge in [0.1, 0.15) is 41.2 Å². The van der Waals surface area contributed by atoms with Crippen LogP contribution >= 0.6 is 0 Å². The van der Waals surface area contributed by atoms with Crippen molar-refractivity contribution in [2.24, 2.45) is 5.92 Å². The van der Waals surface area contributed by atoms with Gasteiger partial charge in [0, 0.05) is 100 Å². The Morgan fingerprint density at radius 3 is 2.37 bits per heavy atom. The first-order valence-electron chi connectivity index (χ1n) is 27.6. The van der Waals surface area contributed by atoms with Crippen LogP contribution in [-0.4, -0.2) is 147 Å². The van der Waals surface area contributed by atoms with Crippen LogP contribution in [-0.2, 0) is 20.7 Å². The summed E-state index contributed by atoms with van der Waals surface area (Å²) in [7, 11) is 2.09. The van der Waals surface area contributed by atoms with Crippen molar-refractivity contribution in [1.29, 1.82) is 0 Å². The average Bonchev–Trinajstić information content (AvgIpc) is 4.14. The van der Waals surface area contributed by atoms with Crippen LogP contribution in [0.2, 0.25) is 0 Å². The molecule has 5 atom stereocenters. The van der Waals surface area contributed by atoms with E-state index >= 15 is 8.78 Å². The lowest BCUT2D eigenvalue weighted by molar-refractivity contribution is -0.135. The molecule has 0 radical (unpaired) electrons. The maximum atomic E-state index is 17.2. The van der Waals surface area contributed by atoms with Gasteiger partial charge in [0.2, 0.25) is 11.8 Å². The van der Waals surface area contributed by atoms with Gasteiger partial charge in [0.15, 0.2) is 5.82 Å². The largest absolute Gasteiger partial charge is 0.508 e. The van der Waals surface area contributed by atoms with E-state index in [9.17, 15) is 19.5 Å². The number of likely N-dealkylation sites (N-methyl/N-ethyl adjacent to an activating group) is 1. The number of piperidine rings is 3. The number of carbonyl (C=O) groups excluding carboxylic acids is 2. The summed E-state index contributed by atoms with van der Waals surface area (Å²) < 4.78 is 49.0. The van der Waals surface area contributed by atoms with Crippen molar-refractivity contribution < 1.29 is 33.0 Å². The van der Waals surface area contributed by atoms with Crippen LogP contribution in [0, 0.1) is 17.6 Å². The fourth-order valence-corrected chi connectivity index (χ4v) is 13.4. The number of phenols is 1. The molecule has 12 rings (SSSR count). The van der Waals surface area contributed by atoms with E-state index < -0.39 is 23.6 Å². The van der Waals surface area contributed by atoms with E-state index in [1.54, 1.807) is 27.5 Å². The second kappa shape index (κ2) is 20.6. The van der Waals surface area contributed by atoms with Gasteiger partial charge >= 0.3 is 11.7 Å². The van der Waals surface area contributed by atoms with Crippen LogP contribution in [0.5, 0.6) is 11.8 Å². The fraction of sp³-hybridized carbons (Fsp3) is 0.544. The number of aromatic nitrogens is 5. The van der Waals surface area contributed by atoms with E-state index in [4.69, 9.17) is 19.4 Å². The number of fused-ring (bicyclic) bond motifs is 5. The number of amides is 2.